The number of methoxy groups -OCH3 is 1. The van der Waals surface area contributed by atoms with Crippen molar-refractivity contribution in [3.63, 3.8) is 0 Å². The lowest BCUT2D eigenvalue weighted by molar-refractivity contribution is -0.117. The fourth-order valence-electron chi connectivity index (χ4n) is 4.43. The lowest BCUT2D eigenvalue weighted by Crippen LogP contribution is -2.39. The highest BCUT2D eigenvalue weighted by molar-refractivity contribution is 6.04. The molecule has 0 radical (unpaired) electrons. The third kappa shape index (κ3) is 5.56. The molecule has 0 unspecified atom stereocenters. The van der Waals surface area contributed by atoms with E-state index in [0.717, 1.165) is 18.4 Å². The van der Waals surface area contributed by atoms with Crippen LogP contribution in [0.2, 0.25) is 0 Å². The van der Waals surface area contributed by atoms with Crippen molar-refractivity contribution in [1.82, 2.24) is 4.90 Å². The minimum atomic E-state index is -0.159. The molecule has 0 aliphatic carbocycles. The first kappa shape index (κ1) is 23.8. The van der Waals surface area contributed by atoms with E-state index in [1.807, 2.05) is 29.2 Å². The van der Waals surface area contributed by atoms with Gasteiger partial charge in [-0.15, -0.1) is 0 Å². The SMILES string of the molecule is COCc1cccc(C(=O)N2CCC(CC(=O)Nc3cc4c(cc3C(C)=O)OCCO4)CC2)c1. The monoisotopic (exact) mass is 466 g/mol. The first-order chi connectivity index (χ1) is 16.4. The molecule has 2 heterocycles. The number of carbonyl (C=O) groups excluding carboxylic acids is 3. The molecule has 1 saturated heterocycles. The van der Waals surface area contributed by atoms with E-state index < -0.39 is 0 Å². The van der Waals surface area contributed by atoms with Gasteiger partial charge in [-0.3, -0.25) is 14.4 Å². The standard InChI is InChI=1S/C26H30N2O6/c1-17(29)21-14-23-24(34-11-10-33-23)15-22(21)27-25(30)13-18-6-8-28(9-7-18)26(31)20-5-3-4-19(12-20)16-32-2/h3-5,12,14-15,18H,6-11,13,16H2,1-2H3,(H,27,30). The van der Waals surface area contributed by atoms with Crippen LogP contribution in [-0.4, -0.2) is 55.9 Å². The Hall–Kier alpha value is -3.39. The Morgan fingerprint density at radius 2 is 1.76 bits per heavy atom. The van der Waals surface area contributed by atoms with Gasteiger partial charge in [0.05, 0.1) is 12.3 Å². The van der Waals surface area contributed by atoms with Crippen molar-refractivity contribution in [2.45, 2.75) is 32.8 Å². The highest BCUT2D eigenvalue weighted by Gasteiger charge is 2.26. The number of ether oxygens (including phenoxy) is 3. The molecule has 2 amide bonds. The van der Waals surface area contributed by atoms with E-state index in [2.05, 4.69) is 5.32 Å². The van der Waals surface area contributed by atoms with E-state index in [9.17, 15) is 14.4 Å². The quantitative estimate of drug-likeness (QED) is 0.626. The number of ketones is 1. The zero-order chi connectivity index (χ0) is 24.1. The van der Waals surface area contributed by atoms with Crippen molar-refractivity contribution < 1.29 is 28.6 Å². The van der Waals surface area contributed by atoms with E-state index in [0.29, 0.717) is 67.6 Å². The molecule has 0 bridgehead atoms. The lowest BCUT2D eigenvalue weighted by atomic mass is 9.92. The Bertz CT molecular complexity index is 1070. The summed E-state index contributed by atoms with van der Waals surface area (Å²) in [5.41, 5.74) is 2.45. The molecular weight excluding hydrogens is 436 g/mol. The normalized spacial score (nSPS) is 15.6. The number of rotatable bonds is 7. The van der Waals surface area contributed by atoms with Crippen LogP contribution in [-0.2, 0) is 16.1 Å². The summed E-state index contributed by atoms with van der Waals surface area (Å²) in [6, 6.07) is 10.8. The van der Waals surface area contributed by atoms with Gasteiger partial charge in [-0.1, -0.05) is 12.1 Å². The molecule has 180 valence electrons. The Morgan fingerprint density at radius 3 is 2.44 bits per heavy atom. The number of benzene rings is 2. The van der Waals surface area contributed by atoms with Gasteiger partial charge in [-0.05, 0) is 49.4 Å². The average molecular weight is 467 g/mol. The summed E-state index contributed by atoms with van der Waals surface area (Å²) in [5, 5.41) is 2.88. The maximum atomic E-state index is 12.9. The second kappa shape index (κ2) is 10.7. The number of likely N-dealkylation sites (tertiary alicyclic amines) is 1. The molecule has 8 heteroatoms. The van der Waals surface area contributed by atoms with E-state index >= 15 is 0 Å². The predicted molar refractivity (Wildman–Crippen MR) is 126 cm³/mol. The van der Waals surface area contributed by atoms with Gasteiger partial charge in [0.15, 0.2) is 17.3 Å². The molecule has 2 aliphatic rings. The van der Waals surface area contributed by atoms with Crippen molar-refractivity contribution in [2.75, 3.05) is 38.7 Å². The summed E-state index contributed by atoms with van der Waals surface area (Å²) >= 11 is 0. The Balaban J connectivity index is 1.33. The molecule has 2 aromatic carbocycles. The first-order valence-electron chi connectivity index (χ1n) is 11.6. The summed E-state index contributed by atoms with van der Waals surface area (Å²) in [7, 11) is 1.63. The van der Waals surface area contributed by atoms with Crippen LogP contribution in [0.5, 0.6) is 11.5 Å². The molecule has 1 fully saturated rings. The van der Waals surface area contributed by atoms with E-state index in [-0.39, 0.29) is 23.5 Å². The van der Waals surface area contributed by atoms with Crippen LogP contribution < -0.4 is 14.8 Å². The molecule has 34 heavy (non-hydrogen) atoms. The number of piperidine rings is 1. The summed E-state index contributed by atoms with van der Waals surface area (Å²) < 4.78 is 16.3. The van der Waals surface area contributed by atoms with Gasteiger partial charge in [-0.2, -0.15) is 0 Å². The van der Waals surface area contributed by atoms with Crippen molar-refractivity contribution in [3.05, 3.63) is 53.1 Å². The molecule has 0 spiro atoms. The third-order valence-corrected chi connectivity index (χ3v) is 6.20. The van der Waals surface area contributed by atoms with Crippen LogP contribution in [0.15, 0.2) is 36.4 Å². The van der Waals surface area contributed by atoms with Crippen LogP contribution in [0.25, 0.3) is 0 Å². The maximum absolute atomic E-state index is 12.9. The molecule has 1 N–H and O–H groups in total. The Labute approximate surface area is 199 Å². The van der Waals surface area contributed by atoms with Crippen LogP contribution in [0, 0.1) is 5.92 Å². The van der Waals surface area contributed by atoms with Gasteiger partial charge >= 0.3 is 0 Å². The van der Waals surface area contributed by atoms with Crippen molar-refractivity contribution in [3.8, 4) is 11.5 Å². The fourth-order valence-corrected chi connectivity index (χ4v) is 4.43. The van der Waals surface area contributed by atoms with Crippen molar-refractivity contribution >= 4 is 23.3 Å². The maximum Gasteiger partial charge on any atom is 0.253 e. The first-order valence-corrected chi connectivity index (χ1v) is 11.6. The number of nitrogens with zero attached hydrogens (tertiary/aromatic N) is 1. The van der Waals surface area contributed by atoms with Crippen LogP contribution in [0.3, 0.4) is 0 Å². The highest BCUT2D eigenvalue weighted by Crippen LogP contribution is 2.36. The lowest BCUT2D eigenvalue weighted by Gasteiger charge is -2.32. The number of carbonyl (C=O) groups is 3. The smallest absolute Gasteiger partial charge is 0.253 e. The van der Waals surface area contributed by atoms with Gasteiger partial charge in [0.2, 0.25) is 5.91 Å². The number of nitrogens with one attached hydrogen (secondary N) is 1. The van der Waals surface area contributed by atoms with Crippen molar-refractivity contribution in [1.29, 1.82) is 0 Å². The van der Waals surface area contributed by atoms with Gasteiger partial charge in [-0.25, -0.2) is 0 Å². The summed E-state index contributed by atoms with van der Waals surface area (Å²) in [5.74, 6) is 0.891. The number of Topliss-reactive ketones (excluding diaryl/α,β-unsaturated/α-hetero) is 1. The molecule has 4 rings (SSSR count). The van der Waals surface area contributed by atoms with E-state index in [4.69, 9.17) is 14.2 Å². The number of hydrogen-bond acceptors (Lipinski definition) is 6. The van der Waals surface area contributed by atoms with Gasteiger partial charge in [0.1, 0.15) is 13.2 Å². The summed E-state index contributed by atoms with van der Waals surface area (Å²) in [4.78, 5) is 39.6. The third-order valence-electron chi connectivity index (χ3n) is 6.20. The van der Waals surface area contributed by atoms with Gasteiger partial charge in [0, 0.05) is 43.8 Å². The zero-order valence-electron chi connectivity index (χ0n) is 19.6. The molecule has 0 aromatic heterocycles. The number of anilines is 1. The van der Waals surface area contributed by atoms with Gasteiger partial charge in [0.25, 0.3) is 5.91 Å². The number of hydrogen-bond donors (Lipinski definition) is 1. The summed E-state index contributed by atoms with van der Waals surface area (Å²) in [6.45, 7) is 3.98. The Kier molecular flexibility index (Phi) is 7.47. The topological polar surface area (TPSA) is 94.2 Å². The van der Waals surface area contributed by atoms with Crippen LogP contribution >= 0.6 is 0 Å². The molecule has 8 nitrogen and oxygen atoms in total. The van der Waals surface area contributed by atoms with Crippen LogP contribution in [0.4, 0.5) is 5.69 Å². The molecule has 0 saturated carbocycles. The largest absolute Gasteiger partial charge is 0.486 e. The predicted octanol–water partition coefficient (Wildman–Crippen LogP) is 3.69. The Morgan fingerprint density at radius 1 is 1.06 bits per heavy atom. The zero-order valence-corrected chi connectivity index (χ0v) is 19.6. The minimum Gasteiger partial charge on any atom is -0.486 e. The van der Waals surface area contributed by atoms with E-state index in [1.54, 1.807) is 19.2 Å². The molecule has 2 aromatic rings. The van der Waals surface area contributed by atoms with Crippen LogP contribution in [0.1, 0.15) is 52.5 Å². The second-order valence-electron chi connectivity index (χ2n) is 8.72. The minimum absolute atomic E-state index is 0.00299. The molecule has 0 atom stereocenters. The van der Waals surface area contributed by atoms with Gasteiger partial charge < -0.3 is 24.4 Å². The summed E-state index contributed by atoms with van der Waals surface area (Å²) in [6.07, 6.45) is 1.83. The highest BCUT2D eigenvalue weighted by atomic mass is 16.6. The second-order valence-corrected chi connectivity index (χ2v) is 8.72. The fraction of sp³-hybridized carbons (Fsp3) is 0.423. The number of amides is 2. The average Bonchev–Trinajstić information content (AvgIpc) is 2.84. The number of fused-ring (bicyclic) bond motifs is 1. The molecular formula is C26H30N2O6. The van der Waals surface area contributed by atoms with Crippen molar-refractivity contribution in [2.24, 2.45) is 5.92 Å². The molecule has 2 aliphatic heterocycles. The van der Waals surface area contributed by atoms with E-state index in [1.165, 1.54) is 6.92 Å².